The van der Waals surface area contributed by atoms with E-state index in [9.17, 15) is 0 Å². The molecule has 3 atom stereocenters. The van der Waals surface area contributed by atoms with E-state index in [0.717, 1.165) is 18.3 Å². The van der Waals surface area contributed by atoms with Gasteiger partial charge in [-0.05, 0) is 31.3 Å². The number of hydrogen-bond donors (Lipinski definition) is 1. The molecule has 0 aromatic carbocycles. The molecule has 3 heteroatoms. The molecule has 0 aromatic rings. The van der Waals surface area contributed by atoms with Crippen LogP contribution in [0.5, 0.6) is 0 Å². The van der Waals surface area contributed by atoms with Gasteiger partial charge in [0.25, 0.3) is 0 Å². The highest BCUT2D eigenvalue weighted by Crippen LogP contribution is 2.28. The molecule has 0 aliphatic carbocycles. The molecule has 2 fully saturated rings. The van der Waals surface area contributed by atoms with Gasteiger partial charge in [0.1, 0.15) is 0 Å². The van der Waals surface area contributed by atoms with E-state index in [1.165, 1.54) is 26.2 Å². The maximum absolute atomic E-state index is 8.74. The van der Waals surface area contributed by atoms with Crippen LogP contribution in [0.3, 0.4) is 0 Å². The Labute approximate surface area is 86.1 Å². The molecule has 3 nitrogen and oxygen atoms in total. The number of nitrogens with one attached hydrogen (secondary N) is 1. The molecule has 0 saturated carbocycles. The summed E-state index contributed by atoms with van der Waals surface area (Å²) in [5, 5.41) is 12.2. The maximum Gasteiger partial charge on any atom is 0.0638 e. The number of nitriles is 1. The van der Waals surface area contributed by atoms with Gasteiger partial charge in [0.05, 0.1) is 12.5 Å². The molecule has 78 valence electrons. The van der Waals surface area contributed by atoms with E-state index in [1.807, 2.05) is 0 Å². The molecule has 2 aliphatic rings. The van der Waals surface area contributed by atoms with Crippen molar-refractivity contribution < 1.29 is 0 Å². The summed E-state index contributed by atoms with van der Waals surface area (Å²) in [5.74, 6) is 1.70. The van der Waals surface area contributed by atoms with E-state index in [4.69, 9.17) is 5.26 Å². The Morgan fingerprint density at radius 2 is 2.07 bits per heavy atom. The van der Waals surface area contributed by atoms with Crippen LogP contribution in [-0.4, -0.2) is 37.1 Å². The van der Waals surface area contributed by atoms with E-state index in [0.29, 0.717) is 12.5 Å². The Kier molecular flexibility index (Phi) is 3.05. The van der Waals surface area contributed by atoms with Crippen LogP contribution in [0.25, 0.3) is 0 Å². The minimum atomic E-state index is 0.505. The molecular formula is C11H19N3. The molecule has 2 saturated heterocycles. The summed E-state index contributed by atoms with van der Waals surface area (Å²) in [6, 6.07) is 2.81. The van der Waals surface area contributed by atoms with Crippen molar-refractivity contribution in [3.8, 4) is 6.07 Å². The Hall–Kier alpha value is -0.590. The van der Waals surface area contributed by atoms with Crippen molar-refractivity contribution in [3.63, 3.8) is 0 Å². The third-order valence-corrected chi connectivity index (χ3v) is 3.73. The largest absolute Gasteiger partial charge is 0.316 e. The lowest BCUT2D eigenvalue weighted by atomic mass is 10.0. The fraction of sp³-hybridized carbons (Fsp3) is 0.909. The first-order valence-electron chi connectivity index (χ1n) is 5.66. The van der Waals surface area contributed by atoms with E-state index in [2.05, 4.69) is 23.2 Å². The van der Waals surface area contributed by atoms with Crippen molar-refractivity contribution >= 4 is 0 Å². The Bertz CT molecular complexity index is 221. The van der Waals surface area contributed by atoms with E-state index in [1.54, 1.807) is 0 Å². The monoisotopic (exact) mass is 193 g/mol. The highest BCUT2D eigenvalue weighted by atomic mass is 15.2. The van der Waals surface area contributed by atoms with Gasteiger partial charge in [0, 0.05) is 19.1 Å². The highest BCUT2D eigenvalue weighted by Gasteiger charge is 2.37. The predicted octanol–water partition coefficient (Wildman–Crippen LogP) is 0.830. The quantitative estimate of drug-likeness (QED) is 0.721. The zero-order valence-corrected chi connectivity index (χ0v) is 8.87. The topological polar surface area (TPSA) is 39.1 Å². The second-order valence-electron chi connectivity index (χ2n) is 4.56. The van der Waals surface area contributed by atoms with Crippen LogP contribution in [0.4, 0.5) is 0 Å². The van der Waals surface area contributed by atoms with Gasteiger partial charge in [-0.1, -0.05) is 6.92 Å². The molecule has 2 rings (SSSR count). The lowest BCUT2D eigenvalue weighted by Crippen LogP contribution is -2.35. The van der Waals surface area contributed by atoms with E-state index < -0.39 is 0 Å². The zero-order chi connectivity index (χ0) is 9.97. The van der Waals surface area contributed by atoms with Crippen molar-refractivity contribution in [1.29, 1.82) is 5.26 Å². The maximum atomic E-state index is 8.74. The van der Waals surface area contributed by atoms with Crippen molar-refractivity contribution in [2.75, 3.05) is 26.2 Å². The van der Waals surface area contributed by atoms with Gasteiger partial charge in [-0.15, -0.1) is 0 Å². The molecule has 2 heterocycles. The molecule has 3 unspecified atom stereocenters. The molecule has 0 radical (unpaired) electrons. The number of hydrogen-bond acceptors (Lipinski definition) is 3. The minimum Gasteiger partial charge on any atom is -0.316 e. The highest BCUT2D eigenvalue weighted by molar-refractivity contribution is 4.95. The molecule has 1 N–H and O–H groups in total. The summed E-state index contributed by atoms with van der Waals surface area (Å²) in [4.78, 5) is 2.53. The van der Waals surface area contributed by atoms with Crippen molar-refractivity contribution in [2.45, 2.75) is 25.8 Å². The zero-order valence-electron chi connectivity index (χ0n) is 8.87. The van der Waals surface area contributed by atoms with Crippen LogP contribution in [0.2, 0.25) is 0 Å². The number of likely N-dealkylation sites (tertiary alicyclic amines) is 1. The lowest BCUT2D eigenvalue weighted by Gasteiger charge is -2.25. The van der Waals surface area contributed by atoms with Crippen LogP contribution < -0.4 is 5.32 Å². The molecule has 0 bridgehead atoms. The van der Waals surface area contributed by atoms with Gasteiger partial charge in [-0.3, -0.25) is 4.90 Å². The summed E-state index contributed by atoms with van der Waals surface area (Å²) < 4.78 is 0. The average Bonchev–Trinajstić information content (AvgIpc) is 2.73. The van der Waals surface area contributed by atoms with Crippen molar-refractivity contribution in [2.24, 2.45) is 11.8 Å². The van der Waals surface area contributed by atoms with Crippen LogP contribution in [0, 0.1) is 23.2 Å². The van der Waals surface area contributed by atoms with Gasteiger partial charge < -0.3 is 5.32 Å². The average molecular weight is 193 g/mol. The smallest absolute Gasteiger partial charge is 0.0638 e. The second kappa shape index (κ2) is 4.29. The first-order valence-corrected chi connectivity index (χ1v) is 5.66. The summed E-state index contributed by atoms with van der Waals surface area (Å²) >= 11 is 0. The first kappa shape index (κ1) is 9.95. The van der Waals surface area contributed by atoms with Crippen LogP contribution in [0.15, 0.2) is 0 Å². The third kappa shape index (κ3) is 1.77. The summed E-state index contributed by atoms with van der Waals surface area (Å²) in [5.41, 5.74) is 0. The summed E-state index contributed by atoms with van der Waals surface area (Å²) in [6.45, 7) is 6.97. The fourth-order valence-electron chi connectivity index (χ4n) is 2.83. The number of fused-ring (bicyclic) bond motifs is 1. The second-order valence-corrected chi connectivity index (χ2v) is 4.56. The van der Waals surface area contributed by atoms with Gasteiger partial charge in [0.15, 0.2) is 0 Å². The van der Waals surface area contributed by atoms with Gasteiger partial charge in [-0.2, -0.15) is 5.26 Å². The third-order valence-electron chi connectivity index (χ3n) is 3.73. The molecule has 0 aromatic heterocycles. The van der Waals surface area contributed by atoms with Gasteiger partial charge in [-0.25, -0.2) is 0 Å². The molecule has 0 spiro atoms. The first-order chi connectivity index (χ1) is 6.85. The minimum absolute atomic E-state index is 0.505. The Morgan fingerprint density at radius 1 is 1.43 bits per heavy atom. The lowest BCUT2D eigenvalue weighted by molar-refractivity contribution is 0.223. The van der Waals surface area contributed by atoms with Crippen LogP contribution >= 0.6 is 0 Å². The summed E-state index contributed by atoms with van der Waals surface area (Å²) in [7, 11) is 0. The molecular weight excluding hydrogens is 174 g/mol. The normalized spacial score (nSPS) is 34.0. The van der Waals surface area contributed by atoms with E-state index in [-0.39, 0.29) is 0 Å². The van der Waals surface area contributed by atoms with Gasteiger partial charge >= 0.3 is 0 Å². The Balaban J connectivity index is 1.91. The van der Waals surface area contributed by atoms with Crippen LogP contribution in [0.1, 0.15) is 19.8 Å². The molecule has 2 aliphatic heterocycles. The molecule has 0 amide bonds. The van der Waals surface area contributed by atoms with E-state index >= 15 is 0 Å². The standard InChI is InChI=1S/C11H19N3/c1-2-11(3-4-12)14-7-9-5-13-6-10(9)8-14/h9-11,13H,2-3,5-8H2,1H3. The van der Waals surface area contributed by atoms with Gasteiger partial charge in [0.2, 0.25) is 0 Å². The Morgan fingerprint density at radius 3 is 2.57 bits per heavy atom. The predicted molar refractivity (Wildman–Crippen MR) is 55.7 cm³/mol. The van der Waals surface area contributed by atoms with Crippen LogP contribution in [-0.2, 0) is 0 Å². The van der Waals surface area contributed by atoms with Crippen molar-refractivity contribution in [1.82, 2.24) is 10.2 Å². The van der Waals surface area contributed by atoms with Crippen molar-refractivity contribution in [3.05, 3.63) is 0 Å². The molecule has 14 heavy (non-hydrogen) atoms. The fourth-order valence-corrected chi connectivity index (χ4v) is 2.83. The number of nitrogens with zero attached hydrogens (tertiary/aromatic N) is 2. The SMILES string of the molecule is CCC(CC#N)N1CC2CNCC2C1. The number of rotatable bonds is 3. The summed E-state index contributed by atoms with van der Waals surface area (Å²) in [6.07, 6.45) is 1.81.